The molecule has 0 bridgehead atoms. The number of nitrogens with one attached hydrogen (secondary N) is 2. The van der Waals surface area contributed by atoms with E-state index < -0.39 is 10.0 Å². The third-order valence-corrected chi connectivity index (χ3v) is 7.11. The Bertz CT molecular complexity index is 1090. The van der Waals surface area contributed by atoms with Gasteiger partial charge in [0.15, 0.2) is 6.61 Å². The van der Waals surface area contributed by atoms with Gasteiger partial charge in [0.05, 0.1) is 10.6 Å². The number of carbonyl (C=O) groups excluding carboxylic acids is 2. The molecule has 9 nitrogen and oxygen atoms in total. The normalized spacial score (nSPS) is 17.6. The highest BCUT2D eigenvalue weighted by atomic mass is 32.2. The molecule has 1 fully saturated rings. The van der Waals surface area contributed by atoms with E-state index in [1.54, 1.807) is 12.3 Å². The maximum Gasteiger partial charge on any atom is 0.262 e. The maximum absolute atomic E-state index is 13.0. The molecule has 1 aromatic heterocycles. The summed E-state index contributed by atoms with van der Waals surface area (Å²) in [4.78, 5) is 28.1. The summed E-state index contributed by atoms with van der Waals surface area (Å²) < 4.78 is 32.7. The van der Waals surface area contributed by atoms with E-state index in [1.165, 1.54) is 22.5 Å². The van der Waals surface area contributed by atoms with Crippen LogP contribution in [0.15, 0.2) is 41.4 Å². The van der Waals surface area contributed by atoms with Gasteiger partial charge in [-0.05, 0) is 49.6 Å². The van der Waals surface area contributed by atoms with Gasteiger partial charge < -0.3 is 15.4 Å². The molecule has 2 N–H and O–H groups in total. The van der Waals surface area contributed by atoms with E-state index in [9.17, 15) is 18.0 Å². The highest BCUT2D eigenvalue weighted by molar-refractivity contribution is 7.89. The van der Waals surface area contributed by atoms with E-state index in [0.717, 1.165) is 5.56 Å². The van der Waals surface area contributed by atoms with Crippen molar-refractivity contribution in [1.29, 1.82) is 0 Å². The third-order valence-electron chi connectivity index (χ3n) is 5.22. The summed E-state index contributed by atoms with van der Waals surface area (Å²) >= 11 is 0. The van der Waals surface area contributed by atoms with Crippen molar-refractivity contribution in [2.75, 3.05) is 30.3 Å². The Labute approximate surface area is 174 Å². The molecule has 0 aliphatic carbocycles. The lowest BCUT2D eigenvalue weighted by Gasteiger charge is -2.30. The molecular weight excluding hydrogens is 408 g/mol. The summed E-state index contributed by atoms with van der Waals surface area (Å²) in [7, 11) is -3.73. The fraction of sp³-hybridized carbons (Fsp3) is 0.350. The summed E-state index contributed by atoms with van der Waals surface area (Å²) in [5, 5.41) is 5.44. The second-order valence-electron chi connectivity index (χ2n) is 7.38. The van der Waals surface area contributed by atoms with Crippen LogP contribution in [0.1, 0.15) is 18.4 Å². The number of aromatic nitrogens is 1. The van der Waals surface area contributed by atoms with E-state index in [-0.39, 0.29) is 42.3 Å². The molecule has 10 heteroatoms. The molecule has 2 aromatic rings. The number of carbonyl (C=O) groups is 2. The van der Waals surface area contributed by atoms with Crippen LogP contribution >= 0.6 is 0 Å². The van der Waals surface area contributed by atoms with Crippen LogP contribution in [0.5, 0.6) is 5.75 Å². The topological polar surface area (TPSA) is 118 Å². The zero-order chi connectivity index (χ0) is 21.3. The van der Waals surface area contributed by atoms with Crippen molar-refractivity contribution in [3.63, 3.8) is 0 Å². The van der Waals surface area contributed by atoms with Crippen LogP contribution in [0.4, 0.5) is 11.5 Å². The summed E-state index contributed by atoms with van der Waals surface area (Å²) in [5.41, 5.74) is 1.44. The van der Waals surface area contributed by atoms with Crippen molar-refractivity contribution in [3.05, 3.63) is 42.1 Å². The van der Waals surface area contributed by atoms with Crippen molar-refractivity contribution in [2.45, 2.75) is 24.7 Å². The molecule has 0 spiro atoms. The van der Waals surface area contributed by atoms with Crippen LogP contribution in [-0.4, -0.2) is 49.2 Å². The number of ether oxygens (including phenoxy) is 1. The maximum atomic E-state index is 13.0. The van der Waals surface area contributed by atoms with E-state index in [0.29, 0.717) is 30.1 Å². The van der Waals surface area contributed by atoms with Gasteiger partial charge >= 0.3 is 0 Å². The van der Waals surface area contributed by atoms with Gasteiger partial charge in [-0.25, -0.2) is 13.4 Å². The smallest absolute Gasteiger partial charge is 0.262 e. The van der Waals surface area contributed by atoms with E-state index in [2.05, 4.69) is 15.6 Å². The number of pyridine rings is 1. The van der Waals surface area contributed by atoms with E-state index >= 15 is 0 Å². The number of hydrogen-bond donors (Lipinski definition) is 2. The molecule has 2 aliphatic heterocycles. The minimum absolute atomic E-state index is 0.101. The number of nitrogens with zero attached hydrogens (tertiary/aromatic N) is 2. The first kappa shape index (κ1) is 20.3. The average Bonchev–Trinajstić information content (AvgIpc) is 2.73. The van der Waals surface area contributed by atoms with Crippen molar-refractivity contribution in [1.82, 2.24) is 9.29 Å². The SMILES string of the molecule is Cc1ccnc(NC(=O)C2CCN(S(=O)(=O)c3ccc4c(c3)OCC(=O)N4)CC2)c1. The van der Waals surface area contributed by atoms with Gasteiger partial charge in [0.1, 0.15) is 11.6 Å². The number of amides is 2. The molecule has 1 saturated heterocycles. The molecule has 158 valence electrons. The van der Waals surface area contributed by atoms with Gasteiger partial charge in [-0.15, -0.1) is 0 Å². The fourth-order valence-electron chi connectivity index (χ4n) is 3.56. The summed E-state index contributed by atoms with van der Waals surface area (Å²) in [6, 6.07) is 8.03. The third kappa shape index (κ3) is 4.14. The molecule has 0 saturated carbocycles. The van der Waals surface area contributed by atoms with Gasteiger partial charge in [-0.2, -0.15) is 4.31 Å². The van der Waals surface area contributed by atoms with Crippen LogP contribution in [0.2, 0.25) is 0 Å². The molecule has 0 radical (unpaired) electrons. The van der Waals surface area contributed by atoms with Gasteiger partial charge in [-0.1, -0.05) is 0 Å². The first-order valence-corrected chi connectivity index (χ1v) is 11.1. The van der Waals surface area contributed by atoms with Crippen molar-refractivity contribution < 1.29 is 22.7 Å². The van der Waals surface area contributed by atoms with Crippen LogP contribution < -0.4 is 15.4 Å². The Morgan fingerprint density at radius 2 is 2.00 bits per heavy atom. The lowest BCUT2D eigenvalue weighted by Crippen LogP contribution is -2.41. The number of aryl methyl sites for hydroxylation is 1. The van der Waals surface area contributed by atoms with E-state index in [4.69, 9.17) is 4.74 Å². The lowest BCUT2D eigenvalue weighted by atomic mass is 9.97. The second-order valence-corrected chi connectivity index (χ2v) is 9.32. The minimum atomic E-state index is -3.73. The second kappa shape index (κ2) is 8.04. The largest absolute Gasteiger partial charge is 0.482 e. The summed E-state index contributed by atoms with van der Waals surface area (Å²) in [5.74, 6) is 0.120. The fourth-order valence-corrected chi connectivity index (χ4v) is 5.04. The zero-order valence-corrected chi connectivity index (χ0v) is 17.2. The van der Waals surface area contributed by atoms with Gasteiger partial charge in [0.25, 0.3) is 5.91 Å². The zero-order valence-electron chi connectivity index (χ0n) is 16.4. The highest BCUT2D eigenvalue weighted by Gasteiger charge is 2.33. The lowest BCUT2D eigenvalue weighted by molar-refractivity contribution is -0.121. The quantitative estimate of drug-likeness (QED) is 0.763. The molecule has 30 heavy (non-hydrogen) atoms. The molecule has 3 heterocycles. The number of fused-ring (bicyclic) bond motifs is 1. The van der Waals surface area contributed by atoms with Gasteiger partial charge in [0, 0.05) is 31.3 Å². The van der Waals surface area contributed by atoms with E-state index in [1.807, 2.05) is 13.0 Å². The Hall–Kier alpha value is -2.98. The van der Waals surface area contributed by atoms with Crippen molar-refractivity contribution >= 4 is 33.3 Å². The predicted octanol–water partition coefficient (Wildman–Crippen LogP) is 1.76. The summed E-state index contributed by atoms with van der Waals surface area (Å²) in [6.45, 7) is 2.26. The average molecular weight is 430 g/mol. The Kier molecular flexibility index (Phi) is 5.44. The first-order valence-electron chi connectivity index (χ1n) is 9.63. The Morgan fingerprint density at radius 3 is 2.73 bits per heavy atom. The Balaban J connectivity index is 1.41. The number of piperidine rings is 1. The molecule has 2 amide bonds. The highest BCUT2D eigenvalue weighted by Crippen LogP contribution is 2.32. The number of rotatable bonds is 4. The van der Waals surface area contributed by atoms with Crippen LogP contribution in [0.3, 0.4) is 0 Å². The molecule has 4 rings (SSSR count). The number of anilines is 2. The van der Waals surface area contributed by atoms with Gasteiger partial charge in [0.2, 0.25) is 15.9 Å². The molecular formula is C20H22N4O5S. The molecule has 1 aromatic carbocycles. The first-order chi connectivity index (χ1) is 14.3. The monoisotopic (exact) mass is 430 g/mol. The molecule has 0 atom stereocenters. The molecule has 2 aliphatic rings. The number of benzene rings is 1. The summed E-state index contributed by atoms with van der Waals surface area (Å²) in [6.07, 6.45) is 2.48. The number of sulfonamides is 1. The van der Waals surface area contributed by atoms with Crippen LogP contribution in [0.25, 0.3) is 0 Å². The van der Waals surface area contributed by atoms with Crippen molar-refractivity contribution in [3.8, 4) is 5.75 Å². The van der Waals surface area contributed by atoms with Crippen LogP contribution in [0, 0.1) is 12.8 Å². The molecule has 0 unspecified atom stereocenters. The van der Waals surface area contributed by atoms with Crippen LogP contribution in [-0.2, 0) is 19.6 Å². The number of hydrogen-bond acceptors (Lipinski definition) is 6. The Morgan fingerprint density at radius 1 is 1.23 bits per heavy atom. The van der Waals surface area contributed by atoms with Gasteiger partial charge in [-0.3, -0.25) is 9.59 Å². The standard InChI is InChI=1S/C20H22N4O5S/c1-13-4-7-21-18(10-13)23-20(26)14-5-8-24(9-6-14)30(27,28)15-2-3-16-17(11-15)29-12-19(25)22-16/h2-4,7,10-11,14H,5-6,8-9,12H2,1H3,(H,22,25)(H,21,23,26). The van der Waals surface area contributed by atoms with Crippen molar-refractivity contribution in [2.24, 2.45) is 5.92 Å². The minimum Gasteiger partial charge on any atom is -0.482 e. The predicted molar refractivity (Wildman–Crippen MR) is 110 cm³/mol.